The molecule has 1 unspecified atom stereocenters. The molecule has 0 bridgehead atoms. The van der Waals surface area contributed by atoms with Crippen molar-refractivity contribution in [1.82, 2.24) is 9.88 Å². The number of hydrogen-bond acceptors (Lipinski definition) is 2. The third kappa shape index (κ3) is 2.19. The molecule has 0 radical (unpaired) electrons. The van der Waals surface area contributed by atoms with Crippen LogP contribution in [0.25, 0.3) is 10.9 Å². The Labute approximate surface area is 132 Å². The molecule has 2 aromatic rings. The quantitative estimate of drug-likeness (QED) is 0.935. The molecule has 1 aliphatic heterocycles. The zero-order valence-corrected chi connectivity index (χ0v) is 13.6. The maximum atomic E-state index is 5.48. The van der Waals surface area contributed by atoms with Gasteiger partial charge < -0.3 is 9.72 Å². The van der Waals surface area contributed by atoms with Crippen LogP contribution in [0, 0.1) is 5.92 Å². The molecule has 1 aliphatic carbocycles. The van der Waals surface area contributed by atoms with E-state index >= 15 is 0 Å². The summed E-state index contributed by atoms with van der Waals surface area (Å²) in [5.74, 6) is 1.32. The van der Waals surface area contributed by atoms with Gasteiger partial charge in [0.05, 0.1) is 6.61 Å². The number of aromatic nitrogens is 1. The number of nitrogens with zero attached hydrogens (tertiary/aromatic N) is 1. The molecular formula is C19H26N2O. The molecule has 118 valence electrons. The number of likely N-dealkylation sites (tertiary alicyclic amines) is 1. The molecule has 0 spiro atoms. The third-order valence-electron chi connectivity index (χ3n) is 5.57. The molecule has 1 aromatic carbocycles. The lowest BCUT2D eigenvalue weighted by Gasteiger charge is -2.47. The Morgan fingerprint density at radius 1 is 1.36 bits per heavy atom. The van der Waals surface area contributed by atoms with E-state index in [0.717, 1.165) is 6.61 Å². The van der Waals surface area contributed by atoms with Crippen molar-refractivity contribution in [3.05, 3.63) is 35.5 Å². The average molecular weight is 298 g/mol. The topological polar surface area (TPSA) is 28.3 Å². The number of fused-ring (bicyclic) bond motifs is 2. The summed E-state index contributed by atoms with van der Waals surface area (Å²) in [5.41, 5.74) is 4.38. The van der Waals surface area contributed by atoms with Crippen molar-refractivity contribution < 1.29 is 4.74 Å². The molecule has 1 fully saturated rings. The summed E-state index contributed by atoms with van der Waals surface area (Å²) < 4.78 is 5.48. The van der Waals surface area contributed by atoms with Gasteiger partial charge in [0.1, 0.15) is 0 Å². The highest BCUT2D eigenvalue weighted by Crippen LogP contribution is 2.44. The Bertz CT molecular complexity index is 662. The lowest BCUT2D eigenvalue weighted by molar-refractivity contribution is 0.0428. The molecule has 4 rings (SSSR count). The van der Waals surface area contributed by atoms with Gasteiger partial charge in [0.2, 0.25) is 0 Å². The largest absolute Gasteiger partial charge is 0.384 e. The normalized spacial score (nSPS) is 28.0. The second kappa shape index (κ2) is 5.71. The average Bonchev–Trinajstić information content (AvgIpc) is 2.94. The van der Waals surface area contributed by atoms with Crippen LogP contribution in [-0.4, -0.2) is 42.7 Å². The summed E-state index contributed by atoms with van der Waals surface area (Å²) in [4.78, 5) is 6.20. The molecule has 3 heteroatoms. The Morgan fingerprint density at radius 2 is 2.27 bits per heavy atom. The molecule has 3 atom stereocenters. The van der Waals surface area contributed by atoms with Gasteiger partial charge in [-0.25, -0.2) is 0 Å². The molecule has 0 saturated carbocycles. The molecule has 1 N–H and O–H groups in total. The number of rotatable bonds is 4. The van der Waals surface area contributed by atoms with Crippen molar-refractivity contribution in [2.24, 2.45) is 5.92 Å². The van der Waals surface area contributed by atoms with Crippen LogP contribution in [0.1, 0.15) is 36.8 Å². The van der Waals surface area contributed by atoms with E-state index in [2.05, 4.69) is 41.2 Å². The number of aromatic amines is 1. The van der Waals surface area contributed by atoms with Crippen LogP contribution in [0.4, 0.5) is 0 Å². The summed E-state index contributed by atoms with van der Waals surface area (Å²) >= 11 is 0. The molecule has 2 heterocycles. The molecule has 1 saturated heterocycles. The van der Waals surface area contributed by atoms with E-state index in [1.807, 2.05) is 7.11 Å². The van der Waals surface area contributed by atoms with Crippen LogP contribution in [-0.2, 0) is 11.2 Å². The van der Waals surface area contributed by atoms with Crippen molar-refractivity contribution in [3.8, 4) is 0 Å². The van der Waals surface area contributed by atoms with Crippen LogP contribution in [0.3, 0.4) is 0 Å². The van der Waals surface area contributed by atoms with Gasteiger partial charge in [-0.3, -0.25) is 4.90 Å². The number of piperidine rings is 1. The molecular weight excluding hydrogens is 272 g/mol. The number of methoxy groups -OCH3 is 1. The first-order valence-corrected chi connectivity index (χ1v) is 8.63. The minimum atomic E-state index is 0.660. The van der Waals surface area contributed by atoms with Crippen LogP contribution in [0.15, 0.2) is 24.4 Å². The maximum Gasteiger partial charge on any atom is 0.0502 e. The second-order valence-corrected chi connectivity index (χ2v) is 7.01. The standard InChI is InChI=1S/C19H26N2O/c1-3-7-21-11-13(12-22-2)8-16-15-5-4-6-17-19(15)14(10-20-17)9-18(16)21/h4-6,10,13,16,18,20H,3,7-9,11-12H2,1-2H3/t13?,16-,18-/m1/s1. The first-order valence-electron chi connectivity index (χ1n) is 8.63. The summed E-state index contributed by atoms with van der Waals surface area (Å²) in [7, 11) is 1.84. The zero-order chi connectivity index (χ0) is 15.1. The molecule has 0 amide bonds. The summed E-state index contributed by atoms with van der Waals surface area (Å²) in [6.07, 6.45) is 5.92. The van der Waals surface area contributed by atoms with Crippen LogP contribution >= 0.6 is 0 Å². The Hall–Kier alpha value is -1.32. The first-order chi connectivity index (χ1) is 10.8. The van der Waals surface area contributed by atoms with Gasteiger partial charge in [-0.1, -0.05) is 19.1 Å². The van der Waals surface area contributed by atoms with Crippen molar-refractivity contribution in [2.75, 3.05) is 26.8 Å². The van der Waals surface area contributed by atoms with Crippen molar-refractivity contribution >= 4 is 10.9 Å². The number of H-pyrrole nitrogens is 1. The highest BCUT2D eigenvalue weighted by atomic mass is 16.5. The lowest BCUT2D eigenvalue weighted by atomic mass is 9.72. The Balaban J connectivity index is 1.75. The highest BCUT2D eigenvalue weighted by Gasteiger charge is 2.40. The summed E-state index contributed by atoms with van der Waals surface area (Å²) in [6.45, 7) is 5.58. The Morgan fingerprint density at radius 3 is 3.09 bits per heavy atom. The van der Waals surface area contributed by atoms with Crippen molar-refractivity contribution in [2.45, 2.75) is 38.1 Å². The van der Waals surface area contributed by atoms with Crippen LogP contribution in [0.5, 0.6) is 0 Å². The first kappa shape index (κ1) is 14.3. The van der Waals surface area contributed by atoms with E-state index in [9.17, 15) is 0 Å². The van der Waals surface area contributed by atoms with Gasteiger partial charge in [-0.05, 0) is 48.9 Å². The van der Waals surface area contributed by atoms with E-state index in [-0.39, 0.29) is 0 Å². The van der Waals surface area contributed by atoms with Crippen LogP contribution < -0.4 is 0 Å². The van der Waals surface area contributed by atoms with E-state index in [1.165, 1.54) is 48.8 Å². The van der Waals surface area contributed by atoms with E-state index in [1.54, 1.807) is 5.56 Å². The number of hydrogen-bond donors (Lipinski definition) is 1. The van der Waals surface area contributed by atoms with Gasteiger partial charge in [0, 0.05) is 42.7 Å². The lowest BCUT2D eigenvalue weighted by Crippen LogP contribution is -2.50. The molecule has 1 aromatic heterocycles. The summed E-state index contributed by atoms with van der Waals surface area (Å²) in [6, 6.07) is 7.45. The fourth-order valence-corrected chi connectivity index (χ4v) is 4.80. The van der Waals surface area contributed by atoms with E-state index in [4.69, 9.17) is 4.74 Å². The fourth-order valence-electron chi connectivity index (χ4n) is 4.80. The van der Waals surface area contributed by atoms with Crippen molar-refractivity contribution in [1.29, 1.82) is 0 Å². The maximum absolute atomic E-state index is 5.48. The summed E-state index contributed by atoms with van der Waals surface area (Å²) in [5, 5.41) is 1.50. The molecule has 22 heavy (non-hydrogen) atoms. The monoisotopic (exact) mass is 298 g/mol. The van der Waals surface area contributed by atoms with E-state index in [0.29, 0.717) is 17.9 Å². The van der Waals surface area contributed by atoms with Crippen LogP contribution in [0.2, 0.25) is 0 Å². The van der Waals surface area contributed by atoms with Gasteiger partial charge in [-0.2, -0.15) is 0 Å². The molecule has 3 nitrogen and oxygen atoms in total. The number of nitrogens with one attached hydrogen (secondary N) is 1. The van der Waals surface area contributed by atoms with Gasteiger partial charge in [0.25, 0.3) is 0 Å². The number of ether oxygens (including phenoxy) is 1. The predicted molar refractivity (Wildman–Crippen MR) is 90.4 cm³/mol. The number of benzene rings is 1. The fraction of sp³-hybridized carbons (Fsp3) is 0.579. The Kier molecular flexibility index (Phi) is 3.71. The van der Waals surface area contributed by atoms with Gasteiger partial charge in [-0.15, -0.1) is 0 Å². The highest BCUT2D eigenvalue weighted by molar-refractivity contribution is 5.88. The van der Waals surface area contributed by atoms with Gasteiger partial charge in [0.15, 0.2) is 0 Å². The predicted octanol–water partition coefficient (Wildman–Crippen LogP) is 3.55. The van der Waals surface area contributed by atoms with E-state index < -0.39 is 0 Å². The third-order valence-corrected chi connectivity index (χ3v) is 5.57. The minimum Gasteiger partial charge on any atom is -0.384 e. The minimum absolute atomic E-state index is 0.660. The van der Waals surface area contributed by atoms with Crippen molar-refractivity contribution in [3.63, 3.8) is 0 Å². The smallest absolute Gasteiger partial charge is 0.0502 e. The molecule has 2 aliphatic rings. The second-order valence-electron chi connectivity index (χ2n) is 7.01. The van der Waals surface area contributed by atoms with Gasteiger partial charge >= 0.3 is 0 Å². The zero-order valence-electron chi connectivity index (χ0n) is 13.6. The SMILES string of the molecule is CCCN1CC(COC)C[C@@H]2c3cccc4[nH]cc(c34)C[C@H]21.